The molecule has 3 aromatic carbocycles. The van der Waals surface area contributed by atoms with Gasteiger partial charge in [0.1, 0.15) is 17.0 Å². The molecular formula is C31H30Cl2FN3O5. The van der Waals surface area contributed by atoms with E-state index in [4.69, 9.17) is 33.0 Å². The minimum atomic E-state index is -1.47. The number of benzene rings is 3. The van der Waals surface area contributed by atoms with E-state index in [1.807, 2.05) is 0 Å². The van der Waals surface area contributed by atoms with E-state index in [0.29, 0.717) is 38.0 Å². The van der Waals surface area contributed by atoms with Crippen LogP contribution in [0.1, 0.15) is 54.5 Å². The summed E-state index contributed by atoms with van der Waals surface area (Å²) in [7, 11) is 0. The number of nitrogens with one attached hydrogen (secondary N) is 3. The van der Waals surface area contributed by atoms with Crippen LogP contribution < -0.4 is 20.7 Å². The van der Waals surface area contributed by atoms with Gasteiger partial charge in [0.25, 0.3) is 5.91 Å². The maximum absolute atomic E-state index is 14.7. The standard InChI is InChI=1S/C31H30Cl2FN3O5/c1-16-4-7-19(34)14-20(16)27-31(22-8-5-18(33)13-24(22)36-29(31)41)23(15-26(39)37-27)21-12-17(32)6-9-25(21)42-30(2,3)28(40)35-10-11-38/h4-9,12-14,23,27,38H,10-11,15H2,1-3H3,(H,35,40)(H,36,41)(H,37,39)/t23?,27?,31-/m1/s1. The van der Waals surface area contributed by atoms with Crippen molar-refractivity contribution in [3.05, 3.63) is 92.7 Å². The van der Waals surface area contributed by atoms with Gasteiger partial charge in [0.15, 0.2) is 5.60 Å². The number of fused-ring (bicyclic) bond motifs is 2. The van der Waals surface area contributed by atoms with Gasteiger partial charge in [-0.1, -0.05) is 35.3 Å². The average molecular weight is 615 g/mol. The van der Waals surface area contributed by atoms with Crippen molar-refractivity contribution in [2.24, 2.45) is 0 Å². The van der Waals surface area contributed by atoms with Crippen molar-refractivity contribution < 1.29 is 28.6 Å². The third kappa shape index (κ3) is 5.10. The van der Waals surface area contributed by atoms with Crippen LogP contribution in [0.4, 0.5) is 10.1 Å². The van der Waals surface area contributed by atoms with Crippen molar-refractivity contribution in [2.75, 3.05) is 18.5 Å². The highest BCUT2D eigenvalue weighted by atomic mass is 35.5. The van der Waals surface area contributed by atoms with Crippen LogP contribution in [0, 0.1) is 12.7 Å². The zero-order valence-electron chi connectivity index (χ0n) is 23.2. The monoisotopic (exact) mass is 613 g/mol. The van der Waals surface area contributed by atoms with Crippen molar-refractivity contribution in [2.45, 2.75) is 50.2 Å². The van der Waals surface area contributed by atoms with Crippen LogP contribution in [0.25, 0.3) is 0 Å². The molecule has 0 saturated carbocycles. The Hall–Kier alpha value is -3.66. The Labute approximate surface area is 252 Å². The molecule has 3 amide bonds. The predicted molar refractivity (Wildman–Crippen MR) is 157 cm³/mol. The molecule has 8 nitrogen and oxygen atoms in total. The molecule has 1 fully saturated rings. The van der Waals surface area contributed by atoms with Gasteiger partial charge in [-0.3, -0.25) is 14.4 Å². The summed E-state index contributed by atoms with van der Waals surface area (Å²) >= 11 is 12.8. The maximum atomic E-state index is 14.7. The van der Waals surface area contributed by atoms with Crippen LogP contribution in [0.5, 0.6) is 5.75 Å². The largest absolute Gasteiger partial charge is 0.478 e. The molecule has 2 heterocycles. The molecule has 1 spiro atoms. The van der Waals surface area contributed by atoms with Gasteiger partial charge in [-0.05, 0) is 79.9 Å². The number of carbonyl (C=O) groups is 3. The normalized spacial score (nSPS) is 21.5. The topological polar surface area (TPSA) is 117 Å². The van der Waals surface area contributed by atoms with Crippen LogP contribution in [0.3, 0.4) is 0 Å². The molecule has 4 N–H and O–H groups in total. The number of aliphatic hydroxyl groups is 1. The lowest BCUT2D eigenvalue weighted by Crippen LogP contribution is -2.57. The molecular weight excluding hydrogens is 584 g/mol. The number of aliphatic hydroxyl groups excluding tert-OH is 1. The second-order valence-corrected chi connectivity index (χ2v) is 11.9. The molecule has 42 heavy (non-hydrogen) atoms. The first-order valence-electron chi connectivity index (χ1n) is 13.4. The fourth-order valence-electron chi connectivity index (χ4n) is 6.03. The fourth-order valence-corrected chi connectivity index (χ4v) is 6.38. The molecule has 1 saturated heterocycles. The van der Waals surface area contributed by atoms with Gasteiger partial charge in [-0.15, -0.1) is 0 Å². The van der Waals surface area contributed by atoms with E-state index in [-0.39, 0.29) is 31.2 Å². The summed E-state index contributed by atoms with van der Waals surface area (Å²) in [6.07, 6.45) is -0.131. The number of ether oxygens (including phenoxy) is 1. The minimum Gasteiger partial charge on any atom is -0.478 e. The number of piperidine rings is 1. The number of anilines is 1. The smallest absolute Gasteiger partial charge is 0.263 e. The zero-order chi connectivity index (χ0) is 30.4. The van der Waals surface area contributed by atoms with E-state index in [1.54, 1.807) is 63.2 Å². The number of hydrogen-bond donors (Lipinski definition) is 4. The molecule has 11 heteroatoms. The zero-order valence-corrected chi connectivity index (χ0v) is 24.7. The summed E-state index contributed by atoms with van der Waals surface area (Å²) in [5, 5.41) is 18.4. The molecule has 2 unspecified atom stereocenters. The molecule has 0 aliphatic carbocycles. The first-order chi connectivity index (χ1) is 19.9. The summed E-state index contributed by atoms with van der Waals surface area (Å²) < 4.78 is 21.0. The third-order valence-electron chi connectivity index (χ3n) is 7.96. The first-order valence-corrected chi connectivity index (χ1v) is 14.2. The van der Waals surface area contributed by atoms with E-state index in [2.05, 4.69) is 16.0 Å². The van der Waals surface area contributed by atoms with Gasteiger partial charge in [0.05, 0.1) is 12.6 Å². The van der Waals surface area contributed by atoms with Gasteiger partial charge in [-0.2, -0.15) is 0 Å². The molecule has 5 rings (SSSR count). The summed E-state index contributed by atoms with van der Waals surface area (Å²) in [5.74, 6) is -2.37. The molecule has 2 aliphatic heterocycles. The van der Waals surface area contributed by atoms with Crippen molar-refractivity contribution in [1.29, 1.82) is 0 Å². The van der Waals surface area contributed by atoms with Gasteiger partial charge in [-0.25, -0.2) is 4.39 Å². The van der Waals surface area contributed by atoms with Crippen molar-refractivity contribution in [3.63, 3.8) is 0 Å². The molecule has 0 radical (unpaired) electrons. The van der Waals surface area contributed by atoms with Gasteiger partial charge < -0.3 is 25.8 Å². The summed E-state index contributed by atoms with van der Waals surface area (Å²) in [6.45, 7) is 4.72. The lowest BCUT2D eigenvalue weighted by atomic mass is 9.59. The maximum Gasteiger partial charge on any atom is 0.263 e. The minimum absolute atomic E-state index is 0.0409. The quantitative estimate of drug-likeness (QED) is 0.301. The second-order valence-electron chi connectivity index (χ2n) is 11.0. The molecule has 3 atom stereocenters. The van der Waals surface area contributed by atoms with Crippen LogP contribution in [-0.4, -0.2) is 41.6 Å². The summed E-state index contributed by atoms with van der Waals surface area (Å²) in [5.41, 5.74) is -0.275. The third-order valence-corrected chi connectivity index (χ3v) is 8.43. The summed E-state index contributed by atoms with van der Waals surface area (Å²) in [4.78, 5) is 40.7. The van der Waals surface area contributed by atoms with Gasteiger partial charge >= 0.3 is 0 Å². The van der Waals surface area contributed by atoms with Crippen LogP contribution in [0.15, 0.2) is 54.6 Å². The van der Waals surface area contributed by atoms with E-state index < -0.39 is 40.6 Å². The Morgan fingerprint density at radius 2 is 1.81 bits per heavy atom. The van der Waals surface area contributed by atoms with Crippen LogP contribution >= 0.6 is 23.2 Å². The molecule has 2 aliphatic rings. The van der Waals surface area contributed by atoms with Gasteiger partial charge in [0, 0.05) is 40.2 Å². The number of amides is 3. The predicted octanol–water partition coefficient (Wildman–Crippen LogP) is 4.94. The molecule has 0 aromatic heterocycles. The average Bonchev–Trinajstić information content (AvgIpc) is 3.21. The number of aryl methyl sites for hydroxylation is 1. The molecule has 220 valence electrons. The molecule has 0 bridgehead atoms. The van der Waals surface area contributed by atoms with E-state index >= 15 is 0 Å². The number of rotatable bonds is 7. The SMILES string of the molecule is Cc1ccc(F)cc1C1NC(=O)CC(c2cc(Cl)ccc2OC(C)(C)C(=O)NCCO)[C@@]12C(=O)Nc1cc(Cl)ccc12. The van der Waals surface area contributed by atoms with E-state index in [1.165, 1.54) is 12.1 Å². The number of halogens is 3. The Morgan fingerprint density at radius 1 is 1.10 bits per heavy atom. The van der Waals surface area contributed by atoms with Crippen LogP contribution in [0.2, 0.25) is 10.0 Å². The number of carbonyl (C=O) groups excluding carboxylic acids is 3. The van der Waals surface area contributed by atoms with Crippen LogP contribution in [-0.2, 0) is 19.8 Å². The lowest BCUT2D eigenvalue weighted by Gasteiger charge is -2.47. The Bertz CT molecular complexity index is 1600. The fraction of sp³-hybridized carbons (Fsp3) is 0.323. The van der Waals surface area contributed by atoms with Crippen molar-refractivity contribution in [1.82, 2.24) is 10.6 Å². The lowest BCUT2D eigenvalue weighted by molar-refractivity contribution is -0.135. The summed E-state index contributed by atoms with van der Waals surface area (Å²) in [6, 6.07) is 13.1. The van der Waals surface area contributed by atoms with Crippen molar-refractivity contribution >= 4 is 46.6 Å². The highest BCUT2D eigenvalue weighted by molar-refractivity contribution is 6.31. The highest BCUT2D eigenvalue weighted by Gasteiger charge is 2.62. The number of hydrogen-bond acceptors (Lipinski definition) is 5. The Kier molecular flexibility index (Phi) is 7.96. The van der Waals surface area contributed by atoms with E-state index in [0.717, 1.165) is 0 Å². The Balaban J connectivity index is 1.75. The van der Waals surface area contributed by atoms with E-state index in [9.17, 15) is 18.8 Å². The van der Waals surface area contributed by atoms with Crippen molar-refractivity contribution in [3.8, 4) is 5.75 Å². The first kappa shape index (κ1) is 29.8. The van der Waals surface area contributed by atoms with Gasteiger partial charge in [0.2, 0.25) is 11.8 Å². The second kappa shape index (κ2) is 11.2. The molecule has 3 aromatic rings. The Morgan fingerprint density at radius 3 is 2.55 bits per heavy atom. The highest BCUT2D eigenvalue weighted by Crippen LogP contribution is 2.59.